The van der Waals surface area contributed by atoms with Crippen molar-refractivity contribution in [3.05, 3.63) is 50.9 Å². The van der Waals surface area contributed by atoms with E-state index in [1.807, 2.05) is 0 Å². The molecule has 1 atom stereocenters. The smallest absolute Gasteiger partial charge is 0.346 e. The summed E-state index contributed by atoms with van der Waals surface area (Å²) >= 11 is 0.923. The molecule has 0 radical (unpaired) electrons. The number of carbonyl (C=O) groups excluding carboxylic acids is 2. The zero-order chi connectivity index (χ0) is 20.9. The average Bonchev–Trinajstić information content (AvgIpc) is 3.02. The number of hydrogen-bond donors (Lipinski definition) is 2. The van der Waals surface area contributed by atoms with E-state index in [4.69, 9.17) is 4.74 Å². The topological polar surface area (TPSA) is 128 Å². The molecule has 1 aliphatic rings. The van der Waals surface area contributed by atoms with E-state index in [0.29, 0.717) is 27.4 Å². The van der Waals surface area contributed by atoms with Gasteiger partial charge in [-0.05, 0) is 37.6 Å². The minimum Gasteiger partial charge on any atom is -0.479 e. The molecule has 3 aromatic rings. The summed E-state index contributed by atoms with van der Waals surface area (Å²) in [5.74, 6) is -1.34. The molecule has 29 heavy (non-hydrogen) atoms. The third-order valence-electron chi connectivity index (χ3n) is 4.66. The number of aromatic carboxylic acids is 1. The van der Waals surface area contributed by atoms with Crippen LogP contribution in [0.3, 0.4) is 0 Å². The van der Waals surface area contributed by atoms with Gasteiger partial charge in [0.1, 0.15) is 15.5 Å². The minimum absolute atomic E-state index is 0.0494. The molecule has 2 N–H and O–H groups in total. The lowest BCUT2D eigenvalue weighted by Gasteiger charge is -2.23. The Bertz CT molecular complexity index is 1260. The van der Waals surface area contributed by atoms with E-state index >= 15 is 0 Å². The molecule has 3 heterocycles. The van der Waals surface area contributed by atoms with Gasteiger partial charge in [-0.1, -0.05) is 0 Å². The summed E-state index contributed by atoms with van der Waals surface area (Å²) in [6.45, 7) is 2.89. The summed E-state index contributed by atoms with van der Waals surface area (Å²) in [5.41, 5.74) is 0.537. The second-order valence-electron chi connectivity index (χ2n) is 6.60. The minimum atomic E-state index is -1.12. The molecule has 1 amide bonds. The molecule has 0 aliphatic carbocycles. The maximum atomic E-state index is 12.8. The van der Waals surface area contributed by atoms with Crippen molar-refractivity contribution in [1.29, 1.82) is 0 Å². The molecule has 1 unspecified atom stereocenters. The number of Topliss-reactive ketones (excluding diaryl/α,β-unsaturated/α-hetero) is 1. The molecule has 1 aliphatic heterocycles. The Balaban J connectivity index is 1.66. The Morgan fingerprint density at radius 2 is 2.10 bits per heavy atom. The van der Waals surface area contributed by atoms with Crippen LogP contribution in [0, 0.1) is 6.92 Å². The molecule has 0 fully saturated rings. The fraction of sp³-hybridized carbons (Fsp3) is 0.211. The van der Waals surface area contributed by atoms with Gasteiger partial charge in [-0.15, -0.1) is 11.3 Å². The van der Waals surface area contributed by atoms with Crippen molar-refractivity contribution in [3.63, 3.8) is 0 Å². The fourth-order valence-electron chi connectivity index (χ4n) is 3.10. The number of ketones is 1. The van der Waals surface area contributed by atoms with Gasteiger partial charge in [0, 0.05) is 5.56 Å². The lowest BCUT2D eigenvalue weighted by atomic mass is 10.1. The van der Waals surface area contributed by atoms with Crippen LogP contribution in [0.15, 0.2) is 29.3 Å². The number of ether oxygens (including phenoxy) is 1. The maximum absolute atomic E-state index is 12.8. The Hall–Kier alpha value is -3.53. The van der Waals surface area contributed by atoms with Crippen molar-refractivity contribution in [1.82, 2.24) is 9.55 Å². The number of fused-ring (bicyclic) bond motifs is 2. The number of rotatable bonds is 4. The fourth-order valence-corrected chi connectivity index (χ4v) is 4.08. The van der Waals surface area contributed by atoms with Crippen LogP contribution in [0.4, 0.5) is 5.69 Å². The number of carboxylic acids is 1. The number of anilines is 1. The molecule has 9 nitrogen and oxygen atoms in total. The summed E-state index contributed by atoms with van der Waals surface area (Å²) < 4.78 is 6.61. The van der Waals surface area contributed by atoms with Crippen LogP contribution in [0.2, 0.25) is 0 Å². The van der Waals surface area contributed by atoms with Gasteiger partial charge in [0.2, 0.25) is 0 Å². The van der Waals surface area contributed by atoms with E-state index in [9.17, 15) is 24.3 Å². The standard InChI is InChI=1S/C19H15N3O6S/c1-8-14-17(29-15(8)19(26)27)20-7-22(18(14)25)6-12(23)10-3-4-13-11(5-10)21-16(24)9(2)28-13/h3-5,7,9H,6H2,1-2H3,(H,21,24)(H,26,27). The normalized spacial score (nSPS) is 15.5. The number of nitrogens with one attached hydrogen (secondary N) is 1. The van der Waals surface area contributed by atoms with E-state index in [-0.39, 0.29) is 28.5 Å². The van der Waals surface area contributed by atoms with Gasteiger partial charge in [-0.2, -0.15) is 0 Å². The zero-order valence-electron chi connectivity index (χ0n) is 15.4. The van der Waals surface area contributed by atoms with E-state index in [1.165, 1.54) is 12.4 Å². The molecule has 10 heteroatoms. The number of benzene rings is 1. The predicted octanol–water partition coefficient (Wildman–Crippen LogP) is 2.07. The number of carboxylic acid groups (broad SMARTS) is 1. The van der Waals surface area contributed by atoms with Crippen LogP contribution in [0.5, 0.6) is 5.75 Å². The second-order valence-corrected chi connectivity index (χ2v) is 7.60. The highest BCUT2D eigenvalue weighted by molar-refractivity contribution is 7.20. The Morgan fingerprint density at radius 3 is 2.83 bits per heavy atom. The highest BCUT2D eigenvalue weighted by atomic mass is 32.1. The monoisotopic (exact) mass is 413 g/mol. The van der Waals surface area contributed by atoms with Crippen LogP contribution in [0.1, 0.15) is 32.5 Å². The van der Waals surface area contributed by atoms with Gasteiger partial charge >= 0.3 is 5.97 Å². The number of hydrogen-bond acceptors (Lipinski definition) is 7. The van der Waals surface area contributed by atoms with Crippen molar-refractivity contribution in [3.8, 4) is 5.75 Å². The van der Waals surface area contributed by atoms with Crippen molar-refractivity contribution >= 4 is 44.9 Å². The molecular formula is C19H15N3O6S. The van der Waals surface area contributed by atoms with Crippen LogP contribution in [-0.4, -0.2) is 38.4 Å². The Kier molecular flexibility index (Phi) is 4.42. The number of nitrogens with zero attached hydrogens (tertiary/aromatic N) is 2. The number of aromatic nitrogens is 2. The van der Waals surface area contributed by atoms with Crippen LogP contribution >= 0.6 is 11.3 Å². The predicted molar refractivity (Wildman–Crippen MR) is 105 cm³/mol. The lowest BCUT2D eigenvalue weighted by Crippen LogP contribution is -2.34. The molecule has 0 spiro atoms. The number of amides is 1. The molecule has 148 valence electrons. The molecule has 0 saturated heterocycles. The number of aryl methyl sites for hydroxylation is 1. The number of thiophene rings is 1. The SMILES string of the molecule is Cc1c(C(=O)O)sc2ncn(CC(=O)c3ccc4c(c3)NC(=O)C(C)O4)c(=O)c12. The number of carbonyl (C=O) groups is 3. The highest BCUT2D eigenvalue weighted by Crippen LogP contribution is 2.31. The van der Waals surface area contributed by atoms with Gasteiger partial charge in [0.05, 0.1) is 23.9 Å². The third-order valence-corrected chi connectivity index (χ3v) is 5.85. The maximum Gasteiger partial charge on any atom is 0.346 e. The average molecular weight is 413 g/mol. The van der Waals surface area contributed by atoms with E-state index in [0.717, 1.165) is 15.9 Å². The third kappa shape index (κ3) is 3.17. The van der Waals surface area contributed by atoms with Gasteiger partial charge in [0.25, 0.3) is 11.5 Å². The van der Waals surface area contributed by atoms with Crippen molar-refractivity contribution in [2.75, 3.05) is 5.32 Å². The highest BCUT2D eigenvalue weighted by Gasteiger charge is 2.25. The Morgan fingerprint density at radius 1 is 1.34 bits per heavy atom. The van der Waals surface area contributed by atoms with Gasteiger partial charge in [0.15, 0.2) is 11.9 Å². The summed E-state index contributed by atoms with van der Waals surface area (Å²) in [7, 11) is 0. The van der Waals surface area contributed by atoms with Crippen molar-refractivity contribution in [2.45, 2.75) is 26.5 Å². The largest absolute Gasteiger partial charge is 0.479 e. The van der Waals surface area contributed by atoms with Crippen molar-refractivity contribution in [2.24, 2.45) is 0 Å². The van der Waals surface area contributed by atoms with Crippen LogP contribution in [-0.2, 0) is 11.3 Å². The first-order chi connectivity index (χ1) is 13.8. The van der Waals surface area contributed by atoms with E-state index in [2.05, 4.69) is 10.3 Å². The van der Waals surface area contributed by atoms with E-state index < -0.39 is 17.6 Å². The summed E-state index contributed by atoms with van der Waals surface area (Å²) in [6.07, 6.45) is 0.611. The molecule has 1 aromatic carbocycles. The van der Waals surface area contributed by atoms with Crippen LogP contribution < -0.4 is 15.6 Å². The first kappa shape index (κ1) is 18.8. The van der Waals surface area contributed by atoms with Crippen LogP contribution in [0.25, 0.3) is 10.2 Å². The van der Waals surface area contributed by atoms with Gasteiger partial charge in [-0.25, -0.2) is 9.78 Å². The summed E-state index contributed by atoms with van der Waals surface area (Å²) in [6, 6.07) is 4.64. The lowest BCUT2D eigenvalue weighted by molar-refractivity contribution is -0.122. The van der Waals surface area contributed by atoms with E-state index in [1.54, 1.807) is 26.0 Å². The molecule has 2 aromatic heterocycles. The Labute approximate surface area is 167 Å². The van der Waals surface area contributed by atoms with Gasteiger partial charge < -0.3 is 15.2 Å². The van der Waals surface area contributed by atoms with Gasteiger partial charge in [-0.3, -0.25) is 19.0 Å². The van der Waals surface area contributed by atoms with Crippen molar-refractivity contribution < 1.29 is 24.2 Å². The second kappa shape index (κ2) is 6.82. The molecular weight excluding hydrogens is 398 g/mol. The summed E-state index contributed by atoms with van der Waals surface area (Å²) in [4.78, 5) is 53.0. The first-order valence-corrected chi connectivity index (χ1v) is 9.44. The molecule has 4 rings (SSSR count). The molecule has 0 saturated carbocycles. The zero-order valence-corrected chi connectivity index (χ0v) is 16.2. The quantitative estimate of drug-likeness (QED) is 0.627. The summed E-state index contributed by atoms with van der Waals surface area (Å²) in [5, 5.41) is 12.1. The molecule has 0 bridgehead atoms. The first-order valence-electron chi connectivity index (χ1n) is 8.63.